The van der Waals surface area contributed by atoms with E-state index in [1.54, 1.807) is 0 Å². The second-order valence-electron chi connectivity index (χ2n) is 2.59. The molecule has 76 valence electrons. The second-order valence-corrected chi connectivity index (χ2v) is 2.59. The molecule has 0 aliphatic rings. The smallest absolute Gasteiger partial charge is 0.293 e. The highest BCUT2D eigenvalue weighted by Gasteiger charge is 2.07. The molecule has 0 radical (unpaired) electrons. The Morgan fingerprint density at radius 1 is 1.33 bits per heavy atom. The minimum absolute atomic E-state index is 0.184. The Bertz CT molecular complexity index is 486. The summed E-state index contributed by atoms with van der Waals surface area (Å²) >= 11 is 0. The third kappa shape index (κ3) is 2.61. The molecule has 0 bridgehead atoms. The van der Waals surface area contributed by atoms with Crippen molar-refractivity contribution < 1.29 is 18.4 Å². The first-order valence-corrected chi connectivity index (χ1v) is 3.80. The number of primary amides is 1. The zero-order valence-electron chi connectivity index (χ0n) is 7.38. The molecule has 15 heavy (non-hydrogen) atoms. The fourth-order valence-electron chi connectivity index (χ4n) is 0.877. The fraction of sp³-hybridized carbons (Fsp3) is 0. The van der Waals surface area contributed by atoms with Crippen molar-refractivity contribution in [3.63, 3.8) is 0 Å². The van der Waals surface area contributed by atoms with E-state index in [0.29, 0.717) is 6.07 Å². The highest BCUT2D eigenvalue weighted by molar-refractivity contribution is 5.92. The molecule has 0 atom stereocenters. The highest BCUT2D eigenvalue weighted by Crippen LogP contribution is 2.12. The summed E-state index contributed by atoms with van der Waals surface area (Å²) in [6.45, 7) is 0. The summed E-state index contributed by atoms with van der Waals surface area (Å²) in [5.74, 6) is 1.18. The van der Waals surface area contributed by atoms with Crippen LogP contribution in [0.3, 0.4) is 0 Å². The molecule has 0 fully saturated rings. The Labute approximate surface area is 83.9 Å². The van der Waals surface area contributed by atoms with Crippen LogP contribution in [0.2, 0.25) is 0 Å². The number of amides is 1. The van der Waals surface area contributed by atoms with Gasteiger partial charge in [-0.05, 0) is 12.1 Å². The average Bonchev–Trinajstić information content (AvgIpc) is 2.18. The van der Waals surface area contributed by atoms with Gasteiger partial charge in [0.15, 0.2) is 6.29 Å². The topological polar surface area (TPSA) is 60.2 Å². The molecule has 0 aliphatic carbocycles. The molecule has 1 aromatic rings. The maximum atomic E-state index is 13.1. The van der Waals surface area contributed by atoms with Gasteiger partial charge in [-0.2, -0.15) is 0 Å². The van der Waals surface area contributed by atoms with Crippen LogP contribution in [0.15, 0.2) is 12.1 Å². The van der Waals surface area contributed by atoms with Gasteiger partial charge in [-0.15, -0.1) is 0 Å². The number of rotatable bonds is 1. The molecule has 3 nitrogen and oxygen atoms in total. The lowest BCUT2D eigenvalue weighted by Crippen LogP contribution is -2.06. The number of carbonyl (C=O) groups excluding carboxylic acids is 2. The molecule has 0 aliphatic heterocycles. The van der Waals surface area contributed by atoms with Gasteiger partial charge in [0.05, 0.1) is 11.1 Å². The maximum absolute atomic E-state index is 13.1. The lowest BCUT2D eigenvalue weighted by atomic mass is 10.1. The first kappa shape index (κ1) is 10.9. The van der Waals surface area contributed by atoms with E-state index < -0.39 is 23.1 Å². The van der Waals surface area contributed by atoms with Crippen LogP contribution < -0.4 is 5.73 Å². The van der Waals surface area contributed by atoms with Gasteiger partial charge in [0.25, 0.3) is 5.91 Å². The van der Waals surface area contributed by atoms with Crippen molar-refractivity contribution in [1.29, 1.82) is 0 Å². The maximum Gasteiger partial charge on any atom is 0.293 e. The van der Waals surface area contributed by atoms with Crippen LogP contribution >= 0.6 is 0 Å². The fourth-order valence-corrected chi connectivity index (χ4v) is 0.877. The Hall–Kier alpha value is -2.22. The van der Waals surface area contributed by atoms with Crippen LogP contribution in [0.5, 0.6) is 0 Å². The molecule has 1 aromatic carbocycles. The van der Waals surface area contributed by atoms with Gasteiger partial charge in [0, 0.05) is 5.92 Å². The predicted molar refractivity (Wildman–Crippen MR) is 47.8 cm³/mol. The molecule has 2 N–H and O–H groups in total. The first-order chi connectivity index (χ1) is 7.04. The Morgan fingerprint density at radius 3 is 2.53 bits per heavy atom. The number of hydrogen-bond donors (Lipinski definition) is 1. The molecule has 0 heterocycles. The molecule has 0 saturated carbocycles. The van der Waals surface area contributed by atoms with Gasteiger partial charge in [0.1, 0.15) is 11.6 Å². The molecule has 0 spiro atoms. The van der Waals surface area contributed by atoms with Gasteiger partial charge >= 0.3 is 0 Å². The van der Waals surface area contributed by atoms with E-state index in [1.807, 2.05) is 11.8 Å². The number of halogens is 2. The van der Waals surface area contributed by atoms with Gasteiger partial charge in [-0.1, -0.05) is 5.92 Å². The van der Waals surface area contributed by atoms with Crippen LogP contribution in [0.25, 0.3) is 0 Å². The van der Waals surface area contributed by atoms with E-state index in [-0.39, 0.29) is 11.8 Å². The van der Waals surface area contributed by atoms with Gasteiger partial charge < -0.3 is 5.73 Å². The van der Waals surface area contributed by atoms with Crippen LogP contribution in [-0.4, -0.2) is 12.2 Å². The molecule has 1 rings (SSSR count). The summed E-state index contributed by atoms with van der Waals surface area (Å²) in [5, 5.41) is 0. The summed E-state index contributed by atoms with van der Waals surface area (Å²) < 4.78 is 26.1. The molecular weight excluding hydrogens is 204 g/mol. The molecular formula is C10H5F2NO2. The van der Waals surface area contributed by atoms with Crippen molar-refractivity contribution >= 4 is 12.2 Å². The van der Waals surface area contributed by atoms with E-state index in [2.05, 4.69) is 0 Å². The van der Waals surface area contributed by atoms with Gasteiger partial charge in [-0.25, -0.2) is 8.78 Å². The second kappa shape index (κ2) is 4.33. The van der Waals surface area contributed by atoms with Crippen LogP contribution in [0.4, 0.5) is 8.78 Å². The Kier molecular flexibility index (Phi) is 3.13. The standard InChI is InChI=1S/C10H5F2NO2/c11-8-4-7(5-14)9(12)3-6(8)1-2-10(13)15/h3-5H,(H2,13,15). The van der Waals surface area contributed by atoms with E-state index >= 15 is 0 Å². The monoisotopic (exact) mass is 209 g/mol. The average molecular weight is 209 g/mol. The van der Waals surface area contributed by atoms with E-state index in [9.17, 15) is 18.4 Å². The summed E-state index contributed by atoms with van der Waals surface area (Å²) in [4.78, 5) is 20.5. The Balaban J connectivity index is 3.24. The summed E-state index contributed by atoms with van der Waals surface area (Å²) in [6, 6.07) is 1.43. The summed E-state index contributed by atoms with van der Waals surface area (Å²) in [6.07, 6.45) is 0.184. The number of carbonyl (C=O) groups is 2. The van der Waals surface area contributed by atoms with Crippen molar-refractivity contribution in [3.8, 4) is 11.8 Å². The molecule has 0 unspecified atom stereocenters. The van der Waals surface area contributed by atoms with E-state index in [4.69, 9.17) is 5.73 Å². The minimum Gasteiger partial charge on any atom is -0.359 e. The van der Waals surface area contributed by atoms with E-state index in [1.165, 1.54) is 0 Å². The molecule has 1 amide bonds. The number of benzene rings is 1. The van der Waals surface area contributed by atoms with Crippen molar-refractivity contribution in [2.75, 3.05) is 0 Å². The SMILES string of the molecule is NC(=O)C#Cc1cc(F)c(C=O)cc1F. The zero-order chi connectivity index (χ0) is 11.4. The van der Waals surface area contributed by atoms with Crippen LogP contribution in [-0.2, 0) is 4.79 Å². The van der Waals surface area contributed by atoms with Gasteiger partial charge in [-0.3, -0.25) is 9.59 Å². The normalized spacial score (nSPS) is 8.93. The van der Waals surface area contributed by atoms with Crippen molar-refractivity contribution in [2.45, 2.75) is 0 Å². The van der Waals surface area contributed by atoms with E-state index in [0.717, 1.165) is 6.07 Å². The van der Waals surface area contributed by atoms with Crippen molar-refractivity contribution in [3.05, 3.63) is 34.9 Å². The summed E-state index contributed by atoms with van der Waals surface area (Å²) in [5.41, 5.74) is 3.97. The third-order valence-electron chi connectivity index (χ3n) is 1.53. The Morgan fingerprint density at radius 2 is 2.00 bits per heavy atom. The third-order valence-corrected chi connectivity index (χ3v) is 1.53. The largest absolute Gasteiger partial charge is 0.359 e. The number of aldehydes is 1. The lowest BCUT2D eigenvalue weighted by molar-refractivity contribution is -0.112. The quantitative estimate of drug-likeness (QED) is 0.544. The minimum atomic E-state index is -0.950. The van der Waals surface area contributed by atoms with Crippen LogP contribution in [0.1, 0.15) is 15.9 Å². The van der Waals surface area contributed by atoms with Crippen molar-refractivity contribution in [1.82, 2.24) is 0 Å². The van der Waals surface area contributed by atoms with Crippen LogP contribution in [0, 0.1) is 23.5 Å². The summed E-state index contributed by atoms with van der Waals surface area (Å²) in [7, 11) is 0. The highest BCUT2D eigenvalue weighted by atomic mass is 19.1. The number of hydrogen-bond acceptors (Lipinski definition) is 2. The van der Waals surface area contributed by atoms with Gasteiger partial charge in [0.2, 0.25) is 0 Å². The molecule has 5 heteroatoms. The first-order valence-electron chi connectivity index (χ1n) is 3.80. The number of nitrogens with two attached hydrogens (primary N) is 1. The van der Waals surface area contributed by atoms with Crippen molar-refractivity contribution in [2.24, 2.45) is 5.73 Å². The predicted octanol–water partition coefficient (Wildman–Crippen LogP) is 0.614. The molecule has 0 saturated heterocycles. The zero-order valence-corrected chi connectivity index (χ0v) is 7.38. The molecule has 0 aromatic heterocycles. The lowest BCUT2D eigenvalue weighted by Gasteiger charge is -1.97.